The lowest BCUT2D eigenvalue weighted by atomic mass is 9.75. The first-order chi connectivity index (χ1) is 15.5. The number of hydrogen-bond acceptors (Lipinski definition) is 6. The number of rotatable bonds is 1. The quantitative estimate of drug-likeness (QED) is 0.611. The molecule has 3 amide bonds. The summed E-state index contributed by atoms with van der Waals surface area (Å²) in [6.07, 6.45) is 1.67. The summed E-state index contributed by atoms with van der Waals surface area (Å²) in [7, 11) is 0. The van der Waals surface area contributed by atoms with E-state index in [0.717, 1.165) is 22.9 Å². The molecule has 32 heavy (non-hydrogen) atoms. The lowest BCUT2D eigenvalue weighted by Gasteiger charge is -2.36. The van der Waals surface area contributed by atoms with E-state index in [1.807, 2.05) is 18.2 Å². The van der Waals surface area contributed by atoms with E-state index in [4.69, 9.17) is 9.47 Å². The van der Waals surface area contributed by atoms with Gasteiger partial charge < -0.3 is 14.8 Å². The highest BCUT2D eigenvalue weighted by Crippen LogP contribution is 2.61. The fraction of sp³-hybridized carbons (Fsp3) is 0.348. The number of fused-ring (bicyclic) bond motifs is 8. The number of nitrogens with one attached hydrogen (secondary N) is 1. The van der Waals surface area contributed by atoms with Crippen molar-refractivity contribution in [2.24, 2.45) is 11.8 Å². The van der Waals surface area contributed by atoms with Crippen molar-refractivity contribution in [3.8, 4) is 11.5 Å². The van der Waals surface area contributed by atoms with Crippen LogP contribution in [0.25, 0.3) is 0 Å². The van der Waals surface area contributed by atoms with Crippen LogP contribution in [-0.4, -0.2) is 42.0 Å². The Morgan fingerprint density at radius 2 is 1.88 bits per heavy atom. The van der Waals surface area contributed by atoms with E-state index in [-0.39, 0.29) is 30.6 Å². The molecule has 1 N–H and O–H groups in total. The van der Waals surface area contributed by atoms with Crippen LogP contribution in [0.15, 0.2) is 40.9 Å². The first kappa shape index (κ1) is 18.6. The minimum Gasteiger partial charge on any atom is -0.454 e. The molecule has 7 rings (SSSR count). The largest absolute Gasteiger partial charge is 0.454 e. The van der Waals surface area contributed by atoms with E-state index in [1.165, 1.54) is 4.90 Å². The summed E-state index contributed by atoms with van der Waals surface area (Å²) >= 11 is 3.52. The molecule has 1 spiro atoms. The number of hydrogen-bond donors (Lipinski definition) is 1. The molecule has 5 aliphatic rings. The Bertz CT molecular complexity index is 1250. The lowest BCUT2D eigenvalue weighted by Crippen LogP contribution is -2.54. The average molecular weight is 496 g/mol. The van der Waals surface area contributed by atoms with Crippen LogP contribution >= 0.6 is 15.9 Å². The van der Waals surface area contributed by atoms with Gasteiger partial charge in [-0.25, -0.2) is 4.90 Å². The molecular formula is C23H18BrN3O5. The summed E-state index contributed by atoms with van der Waals surface area (Å²) in [5.41, 5.74) is 0.741. The maximum atomic E-state index is 13.9. The third-order valence-electron chi connectivity index (χ3n) is 7.57. The molecule has 162 valence electrons. The van der Waals surface area contributed by atoms with Crippen molar-refractivity contribution in [1.82, 2.24) is 4.90 Å². The van der Waals surface area contributed by atoms with Gasteiger partial charge in [-0.3, -0.25) is 19.3 Å². The van der Waals surface area contributed by atoms with Crippen LogP contribution in [0, 0.1) is 11.8 Å². The zero-order valence-corrected chi connectivity index (χ0v) is 18.4. The zero-order valence-electron chi connectivity index (χ0n) is 16.8. The molecule has 0 aliphatic carbocycles. The second-order valence-electron chi connectivity index (χ2n) is 8.87. The third-order valence-corrected chi connectivity index (χ3v) is 8.06. The topological polar surface area (TPSA) is 88.2 Å². The maximum Gasteiger partial charge on any atom is 0.250 e. The van der Waals surface area contributed by atoms with E-state index in [0.29, 0.717) is 29.4 Å². The number of carbonyl (C=O) groups excluding carboxylic acids is 3. The molecule has 0 bridgehead atoms. The van der Waals surface area contributed by atoms with Crippen LogP contribution in [0.1, 0.15) is 18.4 Å². The minimum atomic E-state index is -1.18. The first-order valence-electron chi connectivity index (χ1n) is 10.7. The van der Waals surface area contributed by atoms with Gasteiger partial charge in [0.25, 0.3) is 0 Å². The molecule has 3 saturated heterocycles. The highest BCUT2D eigenvalue weighted by molar-refractivity contribution is 9.10. The predicted molar refractivity (Wildman–Crippen MR) is 116 cm³/mol. The first-order valence-corrected chi connectivity index (χ1v) is 11.5. The highest BCUT2D eigenvalue weighted by Gasteiger charge is 2.74. The number of halogens is 1. The van der Waals surface area contributed by atoms with Gasteiger partial charge in [0.1, 0.15) is 5.54 Å². The molecule has 9 heteroatoms. The average Bonchev–Trinajstić information content (AvgIpc) is 3.55. The smallest absolute Gasteiger partial charge is 0.250 e. The summed E-state index contributed by atoms with van der Waals surface area (Å²) in [4.78, 5) is 44.7. The van der Waals surface area contributed by atoms with Gasteiger partial charge in [-0.1, -0.05) is 15.9 Å². The SMILES string of the molecule is O=C1[C@H]2[C@H]3CCCN3[C@@]3(C(=O)Nc4ccc(Br)cc43)[C@@H]2C(=O)N1c1ccc2c(c1)OCO2. The van der Waals surface area contributed by atoms with Gasteiger partial charge in [0.2, 0.25) is 24.5 Å². The third kappa shape index (κ3) is 2.04. The number of nitrogens with zero attached hydrogens (tertiary/aromatic N) is 2. The number of ether oxygens (including phenoxy) is 2. The summed E-state index contributed by atoms with van der Waals surface area (Å²) in [6, 6.07) is 10.5. The Kier molecular flexibility index (Phi) is 3.56. The molecule has 2 aromatic rings. The summed E-state index contributed by atoms with van der Waals surface area (Å²) in [5, 5.41) is 2.99. The Hall–Kier alpha value is -2.91. The van der Waals surface area contributed by atoms with Crippen molar-refractivity contribution >= 4 is 45.0 Å². The molecule has 0 unspecified atom stereocenters. The number of carbonyl (C=O) groups is 3. The van der Waals surface area contributed by atoms with Gasteiger partial charge in [-0.2, -0.15) is 0 Å². The van der Waals surface area contributed by atoms with Gasteiger partial charge in [-0.05, 0) is 49.7 Å². The van der Waals surface area contributed by atoms with Crippen molar-refractivity contribution < 1.29 is 23.9 Å². The van der Waals surface area contributed by atoms with E-state index in [1.54, 1.807) is 18.2 Å². The Balaban J connectivity index is 1.41. The van der Waals surface area contributed by atoms with Gasteiger partial charge in [0.05, 0.1) is 17.5 Å². The van der Waals surface area contributed by atoms with Crippen LogP contribution in [0.3, 0.4) is 0 Å². The van der Waals surface area contributed by atoms with Crippen LogP contribution in [0.4, 0.5) is 11.4 Å². The van der Waals surface area contributed by atoms with E-state index in [2.05, 4.69) is 26.1 Å². The van der Waals surface area contributed by atoms with Crippen molar-refractivity contribution in [1.29, 1.82) is 0 Å². The van der Waals surface area contributed by atoms with Crippen molar-refractivity contribution in [2.75, 3.05) is 23.6 Å². The number of benzene rings is 2. The lowest BCUT2D eigenvalue weighted by molar-refractivity contribution is -0.135. The minimum absolute atomic E-state index is 0.109. The predicted octanol–water partition coefficient (Wildman–Crippen LogP) is 2.61. The molecule has 3 fully saturated rings. The van der Waals surface area contributed by atoms with Crippen molar-refractivity contribution in [3.05, 3.63) is 46.4 Å². The molecular weight excluding hydrogens is 478 g/mol. The highest BCUT2D eigenvalue weighted by atomic mass is 79.9. The molecule has 0 saturated carbocycles. The summed E-state index contributed by atoms with van der Waals surface area (Å²) in [5.74, 6) is -1.06. The van der Waals surface area contributed by atoms with Crippen molar-refractivity contribution in [3.63, 3.8) is 0 Å². The number of anilines is 2. The zero-order chi connectivity index (χ0) is 21.8. The van der Waals surface area contributed by atoms with E-state index in [9.17, 15) is 14.4 Å². The number of imide groups is 1. The molecule has 5 heterocycles. The normalized spacial score (nSPS) is 32.0. The molecule has 2 aromatic carbocycles. The molecule has 0 radical (unpaired) electrons. The van der Waals surface area contributed by atoms with Crippen LogP contribution in [0.5, 0.6) is 11.5 Å². The summed E-state index contributed by atoms with van der Waals surface area (Å²) in [6.45, 7) is 0.791. The Morgan fingerprint density at radius 3 is 2.75 bits per heavy atom. The van der Waals surface area contributed by atoms with Crippen LogP contribution in [-0.2, 0) is 19.9 Å². The van der Waals surface area contributed by atoms with Gasteiger partial charge in [0, 0.05) is 27.8 Å². The fourth-order valence-corrected chi connectivity index (χ4v) is 6.82. The van der Waals surface area contributed by atoms with Gasteiger partial charge >= 0.3 is 0 Å². The van der Waals surface area contributed by atoms with Gasteiger partial charge in [-0.15, -0.1) is 0 Å². The van der Waals surface area contributed by atoms with Crippen LogP contribution in [0.2, 0.25) is 0 Å². The molecule has 5 aliphatic heterocycles. The maximum absolute atomic E-state index is 13.9. The monoisotopic (exact) mass is 495 g/mol. The second-order valence-corrected chi connectivity index (χ2v) is 9.78. The Labute approximate surface area is 191 Å². The Morgan fingerprint density at radius 1 is 1.03 bits per heavy atom. The fourth-order valence-electron chi connectivity index (χ4n) is 6.45. The van der Waals surface area contributed by atoms with E-state index >= 15 is 0 Å². The van der Waals surface area contributed by atoms with Gasteiger partial charge in [0.15, 0.2) is 11.5 Å². The second kappa shape index (κ2) is 6.11. The molecule has 8 nitrogen and oxygen atoms in total. The molecule has 0 aromatic heterocycles. The van der Waals surface area contributed by atoms with Crippen molar-refractivity contribution in [2.45, 2.75) is 24.4 Å². The van der Waals surface area contributed by atoms with Crippen LogP contribution < -0.4 is 19.7 Å². The number of amides is 3. The standard InChI is InChI=1S/C23H18BrN3O5/c24-11-3-5-14-13(8-11)23(22(30)25-14)19-18(15-2-1-7-26(15)23)20(28)27(21(19)29)12-4-6-16-17(9-12)32-10-31-16/h3-6,8-9,15,18-19H,1-2,7,10H2,(H,25,30)/t15-,18+,19+,23-/m1/s1. The summed E-state index contributed by atoms with van der Waals surface area (Å²) < 4.78 is 11.6. The molecule has 4 atom stereocenters. The van der Waals surface area contributed by atoms with E-state index < -0.39 is 17.4 Å².